The van der Waals surface area contributed by atoms with Gasteiger partial charge in [-0.15, -0.1) is 0 Å². The minimum Gasteiger partial charge on any atom is -0.403 e. The van der Waals surface area contributed by atoms with Crippen LogP contribution in [0.4, 0.5) is 0 Å². The van der Waals surface area contributed by atoms with E-state index in [9.17, 15) is 0 Å². The van der Waals surface area contributed by atoms with E-state index in [2.05, 4.69) is 107 Å². The minimum atomic E-state index is -0.530. The number of hydrogen-bond acceptors (Lipinski definition) is 6. The molecule has 4 rings (SSSR count). The van der Waals surface area contributed by atoms with E-state index in [1.165, 1.54) is 0 Å². The van der Waals surface area contributed by atoms with E-state index in [0.717, 1.165) is 5.56 Å². The van der Waals surface area contributed by atoms with Crippen LogP contribution in [0.5, 0.6) is 0 Å². The Hall–Kier alpha value is -0.825. The van der Waals surface area contributed by atoms with Crippen LogP contribution < -0.4 is 0 Å². The van der Waals surface area contributed by atoms with Gasteiger partial charge in [-0.25, -0.2) is 0 Å². The van der Waals surface area contributed by atoms with Gasteiger partial charge in [-0.05, 0) is 101 Å². The number of hydrogen-bond donors (Lipinski definition) is 0. The second-order valence-electron chi connectivity index (χ2n) is 13.8. The Kier molecular flexibility index (Phi) is 6.93. The van der Waals surface area contributed by atoms with Crippen LogP contribution in [-0.4, -0.2) is 55.0 Å². The van der Waals surface area contributed by atoms with Crippen LogP contribution in [0.25, 0.3) is 0 Å². The summed E-state index contributed by atoms with van der Waals surface area (Å²) >= 11 is 0. The molecule has 1 aromatic carbocycles. The standard InChI is InChI=1S/C27H45B3O6/c1-22(2)23(3,4)32-28(31-22)18-20(19-16-14-13-15-17-19)21(29-33-24(5,6)25(7,8)34-29)30-35-26(9,10)27(11,12)36-30/h13-17,20-21H,18H2,1-12H3. The molecule has 3 fully saturated rings. The van der Waals surface area contributed by atoms with Gasteiger partial charge in [0.05, 0.1) is 33.6 Å². The zero-order valence-corrected chi connectivity index (χ0v) is 24.4. The first-order valence-corrected chi connectivity index (χ1v) is 13.4. The normalized spacial score (nSPS) is 28.2. The fraction of sp³-hybridized carbons (Fsp3) is 0.778. The predicted octanol–water partition coefficient (Wildman–Crippen LogP) is 5.96. The van der Waals surface area contributed by atoms with Gasteiger partial charge < -0.3 is 27.9 Å². The van der Waals surface area contributed by atoms with Gasteiger partial charge >= 0.3 is 21.4 Å². The van der Waals surface area contributed by atoms with Gasteiger partial charge in [-0.1, -0.05) is 30.3 Å². The van der Waals surface area contributed by atoms with Crippen molar-refractivity contribution >= 4 is 21.4 Å². The van der Waals surface area contributed by atoms with Crippen LogP contribution in [0.15, 0.2) is 30.3 Å². The molecule has 0 spiro atoms. The summed E-state index contributed by atoms with van der Waals surface area (Å²) in [7, 11) is -1.44. The topological polar surface area (TPSA) is 55.4 Å². The summed E-state index contributed by atoms with van der Waals surface area (Å²) in [5.41, 5.74) is -1.85. The monoisotopic (exact) mass is 498 g/mol. The lowest BCUT2D eigenvalue weighted by atomic mass is 9.43. The minimum absolute atomic E-state index is 0.0645. The van der Waals surface area contributed by atoms with Crippen molar-refractivity contribution in [2.75, 3.05) is 0 Å². The van der Waals surface area contributed by atoms with Crippen LogP contribution in [0.1, 0.15) is 94.6 Å². The largest absolute Gasteiger partial charge is 0.459 e. The molecular weight excluding hydrogens is 453 g/mol. The molecule has 0 amide bonds. The summed E-state index contributed by atoms with van der Waals surface area (Å²) in [5, 5.41) is 0. The van der Waals surface area contributed by atoms with Gasteiger partial charge in [0.1, 0.15) is 0 Å². The van der Waals surface area contributed by atoms with E-state index in [-0.39, 0.29) is 18.8 Å². The lowest BCUT2D eigenvalue weighted by Gasteiger charge is -2.32. The number of rotatable bonds is 6. The maximum atomic E-state index is 6.66. The third kappa shape index (κ3) is 4.85. The lowest BCUT2D eigenvalue weighted by molar-refractivity contribution is 0.00578. The highest BCUT2D eigenvalue weighted by Gasteiger charge is 2.64. The quantitative estimate of drug-likeness (QED) is 0.452. The highest BCUT2D eigenvalue weighted by molar-refractivity contribution is 6.69. The molecule has 0 N–H and O–H groups in total. The van der Waals surface area contributed by atoms with Crippen molar-refractivity contribution in [3.8, 4) is 0 Å². The fourth-order valence-electron chi connectivity index (χ4n) is 5.08. The van der Waals surface area contributed by atoms with E-state index in [1.807, 2.05) is 6.07 Å². The molecule has 9 heteroatoms. The van der Waals surface area contributed by atoms with E-state index < -0.39 is 47.8 Å². The molecule has 0 radical (unpaired) electrons. The Morgan fingerprint density at radius 1 is 0.528 bits per heavy atom. The van der Waals surface area contributed by atoms with E-state index >= 15 is 0 Å². The van der Waals surface area contributed by atoms with Crippen molar-refractivity contribution in [3.05, 3.63) is 35.9 Å². The average molecular weight is 498 g/mol. The SMILES string of the molecule is CC1(C)OB(CC(c2ccccc2)C(B2OC(C)(C)C(C)(C)O2)B2OC(C)(C)C(C)(C)O2)OC1(C)C. The molecule has 0 saturated carbocycles. The van der Waals surface area contributed by atoms with E-state index in [1.54, 1.807) is 0 Å². The van der Waals surface area contributed by atoms with Crippen molar-refractivity contribution in [1.29, 1.82) is 0 Å². The first-order valence-electron chi connectivity index (χ1n) is 13.4. The smallest absolute Gasteiger partial charge is 0.403 e. The third-order valence-electron chi connectivity index (χ3n) is 9.61. The summed E-state index contributed by atoms with van der Waals surface area (Å²) < 4.78 is 39.6. The molecule has 0 bridgehead atoms. The predicted molar refractivity (Wildman–Crippen MR) is 146 cm³/mol. The molecule has 3 saturated heterocycles. The average Bonchev–Trinajstić information content (AvgIpc) is 3.15. The van der Waals surface area contributed by atoms with Crippen molar-refractivity contribution in [1.82, 2.24) is 0 Å². The molecule has 1 unspecified atom stereocenters. The van der Waals surface area contributed by atoms with Gasteiger partial charge in [-0.2, -0.15) is 0 Å². The summed E-state index contributed by atoms with van der Waals surface area (Å²) in [4.78, 5) is 0. The van der Waals surface area contributed by atoms with Crippen LogP contribution >= 0.6 is 0 Å². The Bertz CT molecular complexity index is 862. The molecule has 3 aliphatic heterocycles. The van der Waals surface area contributed by atoms with Crippen molar-refractivity contribution < 1.29 is 27.9 Å². The highest BCUT2D eigenvalue weighted by atomic mass is 16.7. The fourth-order valence-corrected chi connectivity index (χ4v) is 5.08. The van der Waals surface area contributed by atoms with E-state index in [0.29, 0.717) is 6.32 Å². The second kappa shape index (κ2) is 8.85. The van der Waals surface area contributed by atoms with Crippen LogP contribution in [0, 0.1) is 0 Å². The zero-order chi connectivity index (χ0) is 26.9. The van der Waals surface area contributed by atoms with E-state index in [4.69, 9.17) is 27.9 Å². The molecule has 1 aromatic rings. The molecule has 6 nitrogen and oxygen atoms in total. The third-order valence-corrected chi connectivity index (χ3v) is 9.61. The molecule has 3 aliphatic rings. The Labute approximate surface area is 219 Å². The van der Waals surface area contributed by atoms with Crippen molar-refractivity contribution in [3.63, 3.8) is 0 Å². The van der Waals surface area contributed by atoms with Gasteiger partial charge in [0.2, 0.25) is 0 Å². The Balaban J connectivity index is 1.76. The molecule has 0 aliphatic carbocycles. The maximum absolute atomic E-state index is 6.66. The Morgan fingerprint density at radius 3 is 1.22 bits per heavy atom. The molecule has 0 aromatic heterocycles. The summed E-state index contributed by atoms with van der Waals surface area (Å²) in [6.07, 6.45) is 0.621. The van der Waals surface area contributed by atoms with Gasteiger partial charge in [0, 0.05) is 5.72 Å². The first kappa shape index (κ1) is 28.2. The van der Waals surface area contributed by atoms with Crippen LogP contribution in [-0.2, 0) is 27.9 Å². The molecule has 36 heavy (non-hydrogen) atoms. The van der Waals surface area contributed by atoms with Crippen molar-refractivity contribution in [2.24, 2.45) is 0 Å². The van der Waals surface area contributed by atoms with Crippen molar-refractivity contribution in [2.45, 2.75) is 135 Å². The number of benzene rings is 1. The summed E-state index contributed by atoms with van der Waals surface area (Å²) in [6, 6.07) is 10.5. The maximum Gasteiger partial charge on any atom is 0.459 e. The first-order chi connectivity index (χ1) is 16.3. The van der Waals surface area contributed by atoms with Crippen LogP contribution in [0.3, 0.4) is 0 Å². The highest BCUT2D eigenvalue weighted by Crippen LogP contribution is 2.52. The van der Waals surface area contributed by atoms with Gasteiger partial charge in [-0.3, -0.25) is 0 Å². The summed E-state index contributed by atoms with van der Waals surface area (Å²) in [6.45, 7) is 25.0. The molecule has 3 heterocycles. The zero-order valence-electron chi connectivity index (χ0n) is 24.4. The van der Waals surface area contributed by atoms with Gasteiger partial charge in [0.25, 0.3) is 0 Å². The molecule has 198 valence electrons. The van der Waals surface area contributed by atoms with Crippen LogP contribution in [0.2, 0.25) is 12.0 Å². The lowest BCUT2D eigenvalue weighted by Crippen LogP contribution is -2.43. The van der Waals surface area contributed by atoms with Gasteiger partial charge in [0.15, 0.2) is 0 Å². The Morgan fingerprint density at radius 2 is 0.861 bits per heavy atom. The summed E-state index contributed by atoms with van der Waals surface area (Å²) in [5.74, 6) is -0.0645. The molecular formula is C27H45B3O6. The molecule has 1 atom stereocenters. The second-order valence-corrected chi connectivity index (χ2v) is 13.8.